The number of hydrazine groups is 1. The highest BCUT2D eigenvalue weighted by atomic mass is 32.2. The van der Waals surface area contributed by atoms with Gasteiger partial charge in [-0.05, 0) is 18.4 Å². The van der Waals surface area contributed by atoms with Crippen LogP contribution >= 0.6 is 0 Å². The first kappa shape index (κ1) is 22.7. The number of benzene rings is 1. The van der Waals surface area contributed by atoms with Gasteiger partial charge in [0.15, 0.2) is 4.90 Å². The third kappa shape index (κ3) is 4.94. The predicted octanol–water partition coefficient (Wildman–Crippen LogP) is 2.46. The molecule has 2 aliphatic rings. The van der Waals surface area contributed by atoms with Crippen LogP contribution in [-0.4, -0.2) is 43.5 Å². The lowest BCUT2D eigenvalue weighted by Crippen LogP contribution is -2.44. The lowest BCUT2D eigenvalue weighted by atomic mass is 9.76. The molecule has 2 fully saturated rings. The second-order valence-electron chi connectivity index (χ2n) is 7.86. The second kappa shape index (κ2) is 8.79. The van der Waals surface area contributed by atoms with Gasteiger partial charge in [0.1, 0.15) is 35.6 Å². The van der Waals surface area contributed by atoms with Crippen LogP contribution in [0.5, 0.6) is 5.75 Å². The molecule has 13 heteroatoms. The van der Waals surface area contributed by atoms with Crippen LogP contribution in [0.4, 0.5) is 23.4 Å². The molecule has 0 amide bonds. The van der Waals surface area contributed by atoms with Crippen LogP contribution in [0.15, 0.2) is 35.6 Å². The van der Waals surface area contributed by atoms with Crippen molar-refractivity contribution >= 4 is 15.8 Å². The minimum absolute atomic E-state index is 0.0162. The summed E-state index contributed by atoms with van der Waals surface area (Å²) in [7, 11) is -4.65. The summed E-state index contributed by atoms with van der Waals surface area (Å²) in [4.78, 5) is 6.05. The SMILES string of the molecule is O=S(=O)(Nc1ccncn1)c1c(F)cc(O[C@H]2CC(F)(F)CC[C@@H]2C2CNNC2)cc1F. The number of hydrogen-bond donors (Lipinski definition) is 3. The van der Waals surface area contributed by atoms with E-state index in [1.54, 1.807) is 0 Å². The van der Waals surface area contributed by atoms with Crippen molar-refractivity contribution in [2.24, 2.45) is 11.8 Å². The average molecular weight is 475 g/mol. The van der Waals surface area contributed by atoms with Gasteiger partial charge in [-0.25, -0.2) is 35.9 Å². The first-order valence-electron chi connectivity index (χ1n) is 9.93. The van der Waals surface area contributed by atoms with Crippen LogP contribution in [0.25, 0.3) is 0 Å². The first-order valence-corrected chi connectivity index (χ1v) is 11.4. The van der Waals surface area contributed by atoms with E-state index in [-0.39, 0.29) is 36.2 Å². The zero-order chi connectivity index (χ0) is 22.9. The number of sulfonamides is 1. The van der Waals surface area contributed by atoms with Crippen LogP contribution in [0.2, 0.25) is 0 Å². The summed E-state index contributed by atoms with van der Waals surface area (Å²) < 4.78 is 89.9. The van der Waals surface area contributed by atoms with Crippen LogP contribution in [0, 0.1) is 23.5 Å². The monoisotopic (exact) mass is 475 g/mol. The Hall–Kier alpha value is -2.51. The van der Waals surface area contributed by atoms with Gasteiger partial charge in [-0.1, -0.05) is 0 Å². The van der Waals surface area contributed by atoms with Crippen LogP contribution in [0.3, 0.4) is 0 Å². The van der Waals surface area contributed by atoms with E-state index in [1.165, 1.54) is 12.3 Å². The maximum absolute atomic E-state index is 14.7. The Morgan fingerprint density at radius 1 is 1.16 bits per heavy atom. The fraction of sp³-hybridized carbons (Fsp3) is 0.474. The molecule has 1 saturated heterocycles. The van der Waals surface area contributed by atoms with Crippen molar-refractivity contribution in [2.75, 3.05) is 17.8 Å². The quantitative estimate of drug-likeness (QED) is 0.552. The number of rotatable bonds is 6. The molecule has 0 radical (unpaired) electrons. The molecular weight excluding hydrogens is 454 g/mol. The molecule has 1 aliphatic carbocycles. The zero-order valence-corrected chi connectivity index (χ0v) is 17.5. The molecule has 0 bridgehead atoms. The molecular formula is C19H21F4N5O3S. The van der Waals surface area contributed by atoms with E-state index < -0.39 is 45.0 Å². The number of ether oxygens (including phenoxy) is 1. The van der Waals surface area contributed by atoms with Crippen LogP contribution in [0.1, 0.15) is 19.3 Å². The molecule has 3 N–H and O–H groups in total. The predicted molar refractivity (Wildman–Crippen MR) is 105 cm³/mol. The number of nitrogens with one attached hydrogen (secondary N) is 3. The van der Waals surface area contributed by atoms with Crippen molar-refractivity contribution in [3.8, 4) is 5.75 Å². The maximum Gasteiger partial charge on any atom is 0.268 e. The highest BCUT2D eigenvalue weighted by Crippen LogP contribution is 2.42. The average Bonchev–Trinajstić information content (AvgIpc) is 3.21. The largest absolute Gasteiger partial charge is 0.490 e. The smallest absolute Gasteiger partial charge is 0.268 e. The summed E-state index contributed by atoms with van der Waals surface area (Å²) >= 11 is 0. The Labute approximate surface area is 181 Å². The molecule has 32 heavy (non-hydrogen) atoms. The number of anilines is 1. The second-order valence-corrected chi connectivity index (χ2v) is 9.48. The van der Waals surface area contributed by atoms with Crippen LogP contribution in [-0.2, 0) is 10.0 Å². The minimum atomic E-state index is -4.65. The first-order chi connectivity index (χ1) is 15.1. The number of halogens is 4. The number of alkyl halides is 2. The lowest BCUT2D eigenvalue weighted by molar-refractivity contribution is -0.0976. The van der Waals surface area contributed by atoms with Crippen molar-refractivity contribution in [3.63, 3.8) is 0 Å². The number of hydrogen-bond acceptors (Lipinski definition) is 7. The summed E-state index contributed by atoms with van der Waals surface area (Å²) in [5, 5.41) is 0. The van der Waals surface area contributed by atoms with Gasteiger partial charge >= 0.3 is 0 Å². The fourth-order valence-electron chi connectivity index (χ4n) is 4.14. The Balaban J connectivity index is 1.58. The Bertz CT molecular complexity index is 1040. The molecule has 1 aromatic heterocycles. The van der Waals surface area contributed by atoms with Gasteiger partial charge in [-0.2, -0.15) is 0 Å². The van der Waals surface area contributed by atoms with Gasteiger partial charge in [-0.3, -0.25) is 15.6 Å². The Morgan fingerprint density at radius 2 is 1.84 bits per heavy atom. The number of nitrogens with zero attached hydrogens (tertiary/aromatic N) is 2. The molecule has 2 aromatic rings. The third-order valence-electron chi connectivity index (χ3n) is 5.63. The summed E-state index contributed by atoms with van der Waals surface area (Å²) in [6, 6.07) is 2.58. The molecule has 1 aliphatic heterocycles. The van der Waals surface area contributed by atoms with Gasteiger partial charge in [0.2, 0.25) is 0 Å². The summed E-state index contributed by atoms with van der Waals surface area (Å²) in [6.07, 6.45) is 0.653. The standard InChI is InChI=1S/C19H21F4N5O3S/c20-14-5-12(6-15(21)18(14)32(29,30)28-17-2-4-24-10-25-17)31-16-7-19(22,23)3-1-13(16)11-8-26-27-9-11/h2,4-6,10-11,13,16,26-27H,1,3,7-9H2,(H,24,25,28)/t13-,16+/m1/s1. The highest BCUT2D eigenvalue weighted by Gasteiger charge is 2.46. The van der Waals surface area contributed by atoms with E-state index in [2.05, 4.69) is 20.8 Å². The van der Waals surface area contributed by atoms with E-state index >= 15 is 0 Å². The van der Waals surface area contributed by atoms with E-state index in [4.69, 9.17) is 4.74 Å². The maximum atomic E-state index is 14.7. The fourth-order valence-corrected chi connectivity index (χ4v) is 5.27. The molecule has 174 valence electrons. The summed E-state index contributed by atoms with van der Waals surface area (Å²) in [5.74, 6) is -6.55. The molecule has 0 spiro atoms. The van der Waals surface area contributed by atoms with Gasteiger partial charge in [0.05, 0.1) is 0 Å². The minimum Gasteiger partial charge on any atom is -0.490 e. The molecule has 1 saturated carbocycles. The molecule has 2 heterocycles. The zero-order valence-electron chi connectivity index (χ0n) is 16.7. The topological polar surface area (TPSA) is 105 Å². The van der Waals surface area contributed by atoms with Crippen molar-refractivity contribution in [1.82, 2.24) is 20.8 Å². The van der Waals surface area contributed by atoms with Gasteiger partial charge in [0.25, 0.3) is 15.9 Å². The van der Waals surface area contributed by atoms with Crippen molar-refractivity contribution in [3.05, 3.63) is 42.4 Å². The van der Waals surface area contributed by atoms with E-state index in [0.29, 0.717) is 25.2 Å². The summed E-state index contributed by atoms with van der Waals surface area (Å²) in [5.41, 5.74) is 5.88. The highest BCUT2D eigenvalue weighted by molar-refractivity contribution is 7.92. The molecule has 4 rings (SSSR count). The Morgan fingerprint density at radius 3 is 2.47 bits per heavy atom. The lowest BCUT2D eigenvalue weighted by Gasteiger charge is -2.38. The van der Waals surface area contributed by atoms with E-state index in [1.807, 2.05) is 4.72 Å². The van der Waals surface area contributed by atoms with Crippen LogP contribution < -0.4 is 20.3 Å². The number of aromatic nitrogens is 2. The van der Waals surface area contributed by atoms with Gasteiger partial charge < -0.3 is 4.74 Å². The molecule has 0 unspecified atom stereocenters. The summed E-state index contributed by atoms with van der Waals surface area (Å²) in [6.45, 7) is 1.12. The van der Waals surface area contributed by atoms with Crippen molar-refractivity contribution in [2.45, 2.75) is 36.2 Å². The molecule has 1 aromatic carbocycles. The van der Waals surface area contributed by atoms with Gasteiger partial charge in [-0.15, -0.1) is 0 Å². The Kier molecular flexibility index (Phi) is 6.23. The van der Waals surface area contributed by atoms with Crippen molar-refractivity contribution in [1.29, 1.82) is 0 Å². The van der Waals surface area contributed by atoms with E-state index in [0.717, 1.165) is 6.33 Å². The van der Waals surface area contributed by atoms with E-state index in [9.17, 15) is 26.0 Å². The molecule has 8 nitrogen and oxygen atoms in total. The van der Waals surface area contributed by atoms with Crippen molar-refractivity contribution < 1.29 is 30.7 Å². The molecule has 2 atom stereocenters. The van der Waals surface area contributed by atoms with Gasteiger partial charge in [0, 0.05) is 50.2 Å². The third-order valence-corrected chi connectivity index (χ3v) is 7.03. The normalized spacial score (nSPS) is 23.8.